The summed E-state index contributed by atoms with van der Waals surface area (Å²) in [7, 11) is 0. The van der Waals surface area contributed by atoms with Crippen LogP contribution < -0.4 is 4.90 Å². The van der Waals surface area contributed by atoms with Crippen molar-refractivity contribution in [3.63, 3.8) is 0 Å². The van der Waals surface area contributed by atoms with Crippen LogP contribution in [0.2, 0.25) is 0 Å². The minimum atomic E-state index is 0.645. The van der Waals surface area contributed by atoms with Gasteiger partial charge in [-0.15, -0.1) is 0 Å². The molecule has 1 nitrogen and oxygen atoms in total. The lowest BCUT2D eigenvalue weighted by molar-refractivity contribution is 0.607. The molecule has 1 atom stereocenters. The monoisotopic (exact) mass is 587 g/mol. The van der Waals surface area contributed by atoms with Gasteiger partial charge < -0.3 is 4.90 Å². The Morgan fingerprint density at radius 2 is 1.02 bits per heavy atom. The highest BCUT2D eigenvalue weighted by Crippen LogP contribution is 2.35. The third kappa shape index (κ3) is 11.3. The predicted molar refractivity (Wildman–Crippen MR) is 195 cm³/mol. The van der Waals surface area contributed by atoms with Crippen molar-refractivity contribution in [1.82, 2.24) is 0 Å². The van der Waals surface area contributed by atoms with E-state index in [4.69, 9.17) is 0 Å². The molecule has 0 aromatic heterocycles. The predicted octanol–water partition coefficient (Wildman–Crippen LogP) is 13.5. The molecule has 1 unspecified atom stereocenters. The minimum absolute atomic E-state index is 0.645. The lowest BCUT2D eigenvalue weighted by atomic mass is 9.98. The summed E-state index contributed by atoms with van der Waals surface area (Å²) in [6, 6.07) is 27.6. The number of aryl methyl sites for hydroxylation is 2. The Balaban J connectivity index is 1.46. The number of hydrogen-bond acceptors (Lipinski definition) is 1. The summed E-state index contributed by atoms with van der Waals surface area (Å²) in [4.78, 5) is 2.41. The standard InChI is InChI=1S/C43H57N/c1-4-6-8-10-12-14-16-37-24-30-41(31-25-37)44(42-32-26-38(27-33-42)17-15-13-11-9-7-5-2)43-34-28-40(29-35-43)23-22-39-20-18-36(3)19-21-39/h18,20-36H,4-17,19H2,1-3H3. The van der Waals surface area contributed by atoms with Crippen LogP contribution in [-0.4, -0.2) is 0 Å². The van der Waals surface area contributed by atoms with Crippen molar-refractivity contribution in [1.29, 1.82) is 0 Å². The first-order chi connectivity index (χ1) is 21.7. The summed E-state index contributed by atoms with van der Waals surface area (Å²) >= 11 is 0. The maximum atomic E-state index is 2.41. The molecule has 1 aliphatic carbocycles. The zero-order chi connectivity index (χ0) is 30.8. The van der Waals surface area contributed by atoms with Gasteiger partial charge in [0.05, 0.1) is 0 Å². The van der Waals surface area contributed by atoms with Crippen molar-refractivity contribution in [3.05, 3.63) is 119 Å². The number of nitrogens with zero attached hydrogens (tertiary/aromatic N) is 1. The summed E-state index contributed by atoms with van der Waals surface area (Å²) in [5.41, 5.74) is 9.05. The Morgan fingerprint density at radius 3 is 1.48 bits per heavy atom. The molecule has 0 heterocycles. The van der Waals surface area contributed by atoms with Crippen molar-refractivity contribution < 1.29 is 0 Å². The van der Waals surface area contributed by atoms with Crippen LogP contribution in [0.5, 0.6) is 0 Å². The molecule has 4 rings (SSSR count). The molecule has 0 saturated heterocycles. The Hall–Kier alpha value is -3.32. The molecule has 3 aromatic rings. The van der Waals surface area contributed by atoms with Gasteiger partial charge in [-0.1, -0.05) is 152 Å². The molecule has 1 heteroatoms. The molecule has 0 fully saturated rings. The fourth-order valence-electron chi connectivity index (χ4n) is 6.08. The van der Waals surface area contributed by atoms with Crippen LogP contribution in [-0.2, 0) is 12.8 Å². The van der Waals surface area contributed by atoms with Gasteiger partial charge in [0.1, 0.15) is 0 Å². The molecule has 0 bridgehead atoms. The summed E-state index contributed by atoms with van der Waals surface area (Å²) in [5, 5.41) is 0. The number of benzene rings is 3. The first kappa shape index (κ1) is 33.6. The van der Waals surface area contributed by atoms with E-state index in [9.17, 15) is 0 Å². The fourth-order valence-corrected chi connectivity index (χ4v) is 6.08. The van der Waals surface area contributed by atoms with Gasteiger partial charge in [-0.2, -0.15) is 0 Å². The van der Waals surface area contributed by atoms with E-state index in [0.717, 1.165) is 6.42 Å². The van der Waals surface area contributed by atoms with Gasteiger partial charge >= 0.3 is 0 Å². The smallest absolute Gasteiger partial charge is 0.0462 e. The molecule has 0 N–H and O–H groups in total. The second-order valence-electron chi connectivity index (χ2n) is 12.9. The zero-order valence-corrected chi connectivity index (χ0v) is 27.9. The third-order valence-electron chi connectivity index (χ3n) is 8.99. The van der Waals surface area contributed by atoms with Crippen LogP contribution >= 0.6 is 0 Å². The average molecular weight is 588 g/mol. The van der Waals surface area contributed by atoms with E-state index in [0.29, 0.717) is 5.92 Å². The van der Waals surface area contributed by atoms with E-state index in [1.807, 2.05) is 0 Å². The molecule has 3 aromatic carbocycles. The summed E-state index contributed by atoms with van der Waals surface area (Å²) < 4.78 is 0. The molecule has 1 aliphatic rings. The highest BCUT2D eigenvalue weighted by Gasteiger charge is 2.13. The van der Waals surface area contributed by atoms with Crippen molar-refractivity contribution in [2.45, 2.75) is 117 Å². The van der Waals surface area contributed by atoms with Crippen LogP contribution in [0.1, 0.15) is 121 Å². The van der Waals surface area contributed by atoms with Gasteiger partial charge in [0, 0.05) is 17.1 Å². The van der Waals surface area contributed by atoms with E-state index in [1.54, 1.807) is 0 Å². The van der Waals surface area contributed by atoms with Gasteiger partial charge in [-0.05, 0) is 96.7 Å². The Morgan fingerprint density at radius 1 is 0.568 bits per heavy atom. The van der Waals surface area contributed by atoms with Gasteiger partial charge in [-0.25, -0.2) is 0 Å². The van der Waals surface area contributed by atoms with E-state index in [2.05, 4.69) is 129 Å². The molecule has 0 spiro atoms. The largest absolute Gasteiger partial charge is 0.311 e. The molecular formula is C43H57N. The van der Waals surface area contributed by atoms with E-state index in [-0.39, 0.29) is 0 Å². The Kier molecular flexibility index (Phi) is 14.6. The number of rotatable bonds is 19. The highest BCUT2D eigenvalue weighted by atomic mass is 15.1. The molecule has 234 valence electrons. The highest BCUT2D eigenvalue weighted by molar-refractivity contribution is 5.77. The van der Waals surface area contributed by atoms with Gasteiger partial charge in [0.25, 0.3) is 0 Å². The van der Waals surface area contributed by atoms with Crippen LogP contribution in [0.3, 0.4) is 0 Å². The van der Waals surface area contributed by atoms with Crippen molar-refractivity contribution in [2.75, 3.05) is 4.90 Å². The molecular weight excluding hydrogens is 530 g/mol. The third-order valence-corrected chi connectivity index (χ3v) is 8.99. The molecule has 0 saturated carbocycles. The Bertz CT molecular complexity index is 1230. The number of anilines is 3. The van der Waals surface area contributed by atoms with Crippen LogP contribution in [0.25, 0.3) is 6.08 Å². The van der Waals surface area contributed by atoms with E-state index < -0.39 is 0 Å². The number of hydrogen-bond donors (Lipinski definition) is 0. The summed E-state index contributed by atoms with van der Waals surface area (Å²) in [5.74, 6) is 0.645. The second kappa shape index (κ2) is 19.1. The summed E-state index contributed by atoms with van der Waals surface area (Å²) in [6.45, 7) is 6.84. The van der Waals surface area contributed by atoms with Gasteiger partial charge in [0.15, 0.2) is 0 Å². The number of allylic oxidation sites excluding steroid dienone is 5. The van der Waals surface area contributed by atoms with Crippen molar-refractivity contribution in [3.8, 4) is 0 Å². The first-order valence-electron chi connectivity index (χ1n) is 17.8. The Labute approximate surface area is 269 Å². The quantitative estimate of drug-likeness (QED) is 0.126. The zero-order valence-electron chi connectivity index (χ0n) is 27.9. The first-order valence-corrected chi connectivity index (χ1v) is 17.8. The van der Waals surface area contributed by atoms with Crippen molar-refractivity contribution >= 4 is 23.1 Å². The molecule has 44 heavy (non-hydrogen) atoms. The van der Waals surface area contributed by atoms with E-state index >= 15 is 0 Å². The molecule has 0 amide bonds. The SMILES string of the molecule is CCCCCCCCc1ccc(N(c2ccc(C=CC3=CCC(C)C=C3)cc2)c2ccc(CCCCCCCC)cc2)cc1. The maximum Gasteiger partial charge on any atom is 0.0462 e. The van der Waals surface area contributed by atoms with Crippen LogP contribution in [0, 0.1) is 5.92 Å². The lowest BCUT2D eigenvalue weighted by Crippen LogP contribution is -2.10. The summed E-state index contributed by atoms with van der Waals surface area (Å²) in [6.07, 6.45) is 30.9. The fraction of sp³-hybridized carbons (Fsp3) is 0.442. The average Bonchev–Trinajstić information content (AvgIpc) is 3.06. The second-order valence-corrected chi connectivity index (χ2v) is 12.9. The van der Waals surface area contributed by atoms with Crippen molar-refractivity contribution in [2.24, 2.45) is 5.92 Å². The minimum Gasteiger partial charge on any atom is -0.311 e. The molecule has 0 radical (unpaired) electrons. The number of unbranched alkanes of at least 4 members (excludes halogenated alkanes) is 10. The molecule has 0 aliphatic heterocycles. The van der Waals surface area contributed by atoms with Gasteiger partial charge in [-0.3, -0.25) is 0 Å². The van der Waals surface area contributed by atoms with Gasteiger partial charge in [0.2, 0.25) is 0 Å². The normalized spacial score (nSPS) is 14.7. The van der Waals surface area contributed by atoms with Crippen LogP contribution in [0.15, 0.2) is 103 Å². The topological polar surface area (TPSA) is 3.24 Å². The van der Waals surface area contributed by atoms with E-state index in [1.165, 1.54) is 129 Å². The lowest BCUT2D eigenvalue weighted by Gasteiger charge is -2.26. The van der Waals surface area contributed by atoms with Crippen LogP contribution in [0.4, 0.5) is 17.1 Å². The maximum absolute atomic E-state index is 2.41.